The van der Waals surface area contributed by atoms with E-state index < -0.39 is 5.91 Å². The summed E-state index contributed by atoms with van der Waals surface area (Å²) in [5.74, 6) is 6.10. The van der Waals surface area contributed by atoms with Gasteiger partial charge in [-0.3, -0.25) is 10.2 Å². The zero-order chi connectivity index (χ0) is 13.8. The molecule has 2 rings (SSSR count). The Morgan fingerprint density at radius 3 is 2.79 bits per heavy atom. The van der Waals surface area contributed by atoms with Crippen LogP contribution in [0.4, 0.5) is 0 Å². The molecule has 5 heteroatoms. The van der Waals surface area contributed by atoms with Gasteiger partial charge in [-0.25, -0.2) is 5.84 Å². The molecule has 3 N–H and O–H groups in total. The number of carbonyl (C=O) groups excluding carboxylic acids is 1. The minimum atomic E-state index is -0.460. The lowest BCUT2D eigenvalue weighted by atomic mass is 10.1. The van der Waals surface area contributed by atoms with Crippen molar-refractivity contribution in [2.45, 2.75) is 20.5 Å². The molecule has 0 spiro atoms. The summed E-state index contributed by atoms with van der Waals surface area (Å²) < 4.78 is 11.0. The highest BCUT2D eigenvalue weighted by Crippen LogP contribution is 2.20. The van der Waals surface area contributed by atoms with Crippen LogP contribution in [0.3, 0.4) is 0 Å². The second-order valence-electron chi connectivity index (χ2n) is 4.30. The fraction of sp³-hybridized carbons (Fsp3) is 0.214. The lowest BCUT2D eigenvalue weighted by Crippen LogP contribution is -2.29. The number of rotatable bonds is 4. The molecule has 0 aliphatic carbocycles. The number of hydrogen-bond donors (Lipinski definition) is 2. The number of amides is 1. The van der Waals surface area contributed by atoms with Gasteiger partial charge in [0.05, 0.1) is 0 Å². The monoisotopic (exact) mass is 260 g/mol. The van der Waals surface area contributed by atoms with Crippen LogP contribution in [0.1, 0.15) is 27.4 Å². The Kier molecular flexibility index (Phi) is 3.87. The van der Waals surface area contributed by atoms with Gasteiger partial charge in [-0.1, -0.05) is 17.7 Å². The lowest BCUT2D eigenvalue weighted by molar-refractivity contribution is 0.0922. The van der Waals surface area contributed by atoms with Crippen molar-refractivity contribution in [3.8, 4) is 5.75 Å². The number of nitrogens with one attached hydrogen (secondary N) is 1. The molecule has 100 valence electrons. The minimum absolute atomic E-state index is 0.168. The zero-order valence-electron chi connectivity index (χ0n) is 10.9. The smallest absolute Gasteiger partial charge is 0.300 e. The molecule has 0 saturated heterocycles. The first-order chi connectivity index (χ1) is 9.10. The third-order valence-electron chi connectivity index (χ3n) is 2.72. The predicted molar refractivity (Wildman–Crippen MR) is 70.6 cm³/mol. The summed E-state index contributed by atoms with van der Waals surface area (Å²) in [6.07, 6.45) is 0. The molecule has 1 amide bonds. The highest BCUT2D eigenvalue weighted by Gasteiger charge is 2.10. The van der Waals surface area contributed by atoms with Crippen molar-refractivity contribution >= 4 is 5.91 Å². The quantitative estimate of drug-likeness (QED) is 0.501. The molecular weight excluding hydrogens is 244 g/mol. The average molecular weight is 260 g/mol. The molecule has 0 bridgehead atoms. The molecule has 5 nitrogen and oxygen atoms in total. The van der Waals surface area contributed by atoms with Crippen molar-refractivity contribution in [1.82, 2.24) is 5.43 Å². The summed E-state index contributed by atoms with van der Waals surface area (Å²) in [4.78, 5) is 11.2. The Labute approximate surface area is 111 Å². The van der Waals surface area contributed by atoms with Gasteiger partial charge in [0, 0.05) is 0 Å². The fourth-order valence-corrected chi connectivity index (χ4v) is 1.76. The molecule has 0 fully saturated rings. The fourth-order valence-electron chi connectivity index (χ4n) is 1.76. The van der Waals surface area contributed by atoms with E-state index >= 15 is 0 Å². The SMILES string of the molecule is Cc1ccc(OCc2ccc(C(=O)NN)o2)c(C)c1. The Balaban J connectivity index is 2.02. The second-order valence-corrected chi connectivity index (χ2v) is 4.30. The van der Waals surface area contributed by atoms with Crippen LogP contribution in [0.5, 0.6) is 5.75 Å². The van der Waals surface area contributed by atoms with Crippen LogP contribution in [-0.2, 0) is 6.61 Å². The van der Waals surface area contributed by atoms with Crippen LogP contribution in [0.2, 0.25) is 0 Å². The molecule has 0 radical (unpaired) electrons. The minimum Gasteiger partial charge on any atom is -0.485 e. The van der Waals surface area contributed by atoms with Gasteiger partial charge in [-0.05, 0) is 37.6 Å². The maximum absolute atomic E-state index is 11.2. The molecule has 1 aromatic heterocycles. The molecular formula is C14H16N2O3. The summed E-state index contributed by atoms with van der Waals surface area (Å²) in [5, 5.41) is 0. The standard InChI is InChI=1S/C14H16N2O3/c1-9-3-5-12(10(2)7-9)18-8-11-4-6-13(19-11)14(17)16-15/h3-7H,8,15H2,1-2H3,(H,16,17). The normalized spacial score (nSPS) is 10.3. The van der Waals surface area contributed by atoms with Gasteiger partial charge in [0.1, 0.15) is 18.1 Å². The van der Waals surface area contributed by atoms with E-state index in [0.29, 0.717) is 5.76 Å². The van der Waals surface area contributed by atoms with Crippen LogP contribution < -0.4 is 16.0 Å². The second kappa shape index (κ2) is 5.58. The van der Waals surface area contributed by atoms with Gasteiger partial charge >= 0.3 is 5.91 Å². The molecule has 1 heterocycles. The third-order valence-corrected chi connectivity index (χ3v) is 2.72. The number of carbonyl (C=O) groups is 1. The Hall–Kier alpha value is -2.27. The third kappa shape index (κ3) is 3.14. The largest absolute Gasteiger partial charge is 0.485 e. The number of hydrazine groups is 1. The molecule has 2 aromatic rings. The molecule has 0 aliphatic rings. The summed E-state index contributed by atoms with van der Waals surface area (Å²) >= 11 is 0. The van der Waals surface area contributed by atoms with Gasteiger partial charge < -0.3 is 9.15 Å². The zero-order valence-corrected chi connectivity index (χ0v) is 10.9. The van der Waals surface area contributed by atoms with Crippen molar-refractivity contribution in [1.29, 1.82) is 0 Å². The number of ether oxygens (including phenoxy) is 1. The number of aryl methyl sites for hydroxylation is 2. The molecule has 0 aliphatic heterocycles. The predicted octanol–water partition coefficient (Wildman–Crippen LogP) is 2.08. The molecule has 0 saturated carbocycles. The molecule has 1 aromatic carbocycles. The Morgan fingerprint density at radius 1 is 1.32 bits per heavy atom. The lowest BCUT2D eigenvalue weighted by Gasteiger charge is -2.08. The number of hydrogen-bond acceptors (Lipinski definition) is 4. The summed E-state index contributed by atoms with van der Waals surface area (Å²) in [6, 6.07) is 9.20. The van der Waals surface area contributed by atoms with Crippen molar-refractivity contribution in [2.24, 2.45) is 5.84 Å². The molecule has 19 heavy (non-hydrogen) atoms. The van der Waals surface area contributed by atoms with Gasteiger partial charge in [-0.15, -0.1) is 0 Å². The number of nitrogens with two attached hydrogens (primary N) is 1. The summed E-state index contributed by atoms with van der Waals surface area (Å²) in [6.45, 7) is 4.28. The highest BCUT2D eigenvalue weighted by atomic mass is 16.5. The van der Waals surface area contributed by atoms with Gasteiger partial charge in [-0.2, -0.15) is 0 Å². The molecule has 0 atom stereocenters. The van der Waals surface area contributed by atoms with E-state index in [-0.39, 0.29) is 12.4 Å². The van der Waals surface area contributed by atoms with E-state index in [1.165, 1.54) is 5.56 Å². The number of benzene rings is 1. The highest BCUT2D eigenvalue weighted by molar-refractivity contribution is 5.90. The van der Waals surface area contributed by atoms with Crippen LogP contribution in [0.25, 0.3) is 0 Å². The van der Waals surface area contributed by atoms with Crippen LogP contribution in [0, 0.1) is 13.8 Å². The van der Waals surface area contributed by atoms with E-state index in [1.807, 2.05) is 37.5 Å². The van der Waals surface area contributed by atoms with Crippen LogP contribution >= 0.6 is 0 Å². The van der Waals surface area contributed by atoms with E-state index in [9.17, 15) is 4.79 Å². The van der Waals surface area contributed by atoms with Gasteiger partial charge in [0.25, 0.3) is 0 Å². The van der Waals surface area contributed by atoms with Crippen molar-refractivity contribution < 1.29 is 13.9 Å². The van der Waals surface area contributed by atoms with Gasteiger partial charge in [0.15, 0.2) is 5.76 Å². The first-order valence-electron chi connectivity index (χ1n) is 5.90. The molecule has 0 unspecified atom stereocenters. The van der Waals surface area contributed by atoms with Crippen molar-refractivity contribution in [2.75, 3.05) is 0 Å². The first-order valence-corrected chi connectivity index (χ1v) is 5.90. The number of furan rings is 1. The van der Waals surface area contributed by atoms with Crippen LogP contribution in [-0.4, -0.2) is 5.91 Å². The summed E-state index contributed by atoms with van der Waals surface area (Å²) in [5.41, 5.74) is 4.26. The van der Waals surface area contributed by atoms with Crippen molar-refractivity contribution in [3.63, 3.8) is 0 Å². The maximum Gasteiger partial charge on any atom is 0.300 e. The van der Waals surface area contributed by atoms with Gasteiger partial charge in [0.2, 0.25) is 0 Å². The van der Waals surface area contributed by atoms with E-state index in [1.54, 1.807) is 12.1 Å². The summed E-state index contributed by atoms with van der Waals surface area (Å²) in [7, 11) is 0. The average Bonchev–Trinajstić information content (AvgIpc) is 2.85. The van der Waals surface area contributed by atoms with Crippen molar-refractivity contribution in [3.05, 3.63) is 53.0 Å². The Bertz CT molecular complexity index is 590. The van der Waals surface area contributed by atoms with E-state index in [2.05, 4.69) is 0 Å². The number of nitrogen functional groups attached to an aromatic ring is 1. The topological polar surface area (TPSA) is 77.5 Å². The van der Waals surface area contributed by atoms with E-state index in [4.69, 9.17) is 15.0 Å². The first kappa shape index (κ1) is 13.2. The van der Waals surface area contributed by atoms with Crippen LogP contribution in [0.15, 0.2) is 34.7 Å². The van der Waals surface area contributed by atoms with E-state index in [0.717, 1.165) is 11.3 Å². The maximum atomic E-state index is 11.2. The Morgan fingerprint density at radius 2 is 2.11 bits per heavy atom.